The molecule has 0 amide bonds. The van der Waals surface area contributed by atoms with Crippen molar-refractivity contribution in [3.05, 3.63) is 46.2 Å². The molecule has 150 valence electrons. The Balaban J connectivity index is 1.85. The Morgan fingerprint density at radius 1 is 1.11 bits per heavy atom. The molecule has 4 rings (SSSR count). The second-order valence-electron chi connectivity index (χ2n) is 7.06. The van der Waals surface area contributed by atoms with Crippen LogP contribution in [0.1, 0.15) is 12.0 Å². The smallest absolute Gasteiger partial charge is 0.378 e. The van der Waals surface area contributed by atoms with Gasteiger partial charge in [0.15, 0.2) is 0 Å². The number of hydrogen-bond acceptors (Lipinski definition) is 5. The maximum Gasteiger partial charge on any atom is 0.409 e. The number of anilines is 3. The van der Waals surface area contributed by atoms with Crippen molar-refractivity contribution in [3.63, 3.8) is 0 Å². The standard InChI is InChI=1S/C19H21F3N4O2/c1-13-2-4-14(5-3-13)26-15(19(20,21)22)6-7-25-17(27)12-16(23-18(25)26)24-8-10-28-11-9-24/h2-5,12,15H,6-11H2,1H3. The molecule has 6 nitrogen and oxygen atoms in total. The minimum atomic E-state index is -4.44. The predicted molar refractivity (Wildman–Crippen MR) is 99.3 cm³/mol. The summed E-state index contributed by atoms with van der Waals surface area (Å²) in [5.41, 5.74) is 0.966. The van der Waals surface area contributed by atoms with Gasteiger partial charge in [-0.15, -0.1) is 0 Å². The van der Waals surface area contributed by atoms with E-state index in [2.05, 4.69) is 4.98 Å². The fraction of sp³-hybridized carbons (Fsp3) is 0.474. The lowest BCUT2D eigenvalue weighted by Gasteiger charge is -2.39. The van der Waals surface area contributed by atoms with E-state index in [1.807, 2.05) is 11.8 Å². The van der Waals surface area contributed by atoms with Gasteiger partial charge in [-0.05, 0) is 25.5 Å². The van der Waals surface area contributed by atoms with Gasteiger partial charge in [-0.2, -0.15) is 18.2 Å². The van der Waals surface area contributed by atoms with E-state index in [0.717, 1.165) is 10.5 Å². The second-order valence-corrected chi connectivity index (χ2v) is 7.06. The molecule has 2 aliphatic heterocycles. The SMILES string of the molecule is Cc1ccc(N2c3nc(N4CCOCC4)cc(=O)n3CCC2C(F)(F)F)cc1. The molecular formula is C19H21F3N4O2. The number of benzene rings is 1. The van der Waals surface area contributed by atoms with Crippen LogP contribution in [0.5, 0.6) is 0 Å². The molecule has 3 heterocycles. The molecule has 28 heavy (non-hydrogen) atoms. The summed E-state index contributed by atoms with van der Waals surface area (Å²) >= 11 is 0. The van der Waals surface area contributed by atoms with Gasteiger partial charge in [-0.1, -0.05) is 17.7 Å². The van der Waals surface area contributed by atoms with E-state index in [-0.39, 0.29) is 24.5 Å². The average molecular weight is 394 g/mol. The Kier molecular flexibility index (Phi) is 4.78. The van der Waals surface area contributed by atoms with E-state index in [0.29, 0.717) is 37.8 Å². The second kappa shape index (κ2) is 7.12. The van der Waals surface area contributed by atoms with E-state index in [9.17, 15) is 18.0 Å². The van der Waals surface area contributed by atoms with Crippen molar-refractivity contribution in [2.45, 2.75) is 32.1 Å². The monoisotopic (exact) mass is 394 g/mol. The Hall–Kier alpha value is -2.55. The zero-order valence-electron chi connectivity index (χ0n) is 15.4. The first-order valence-corrected chi connectivity index (χ1v) is 9.22. The molecule has 0 N–H and O–H groups in total. The lowest BCUT2D eigenvalue weighted by Crippen LogP contribution is -2.50. The number of halogens is 3. The first-order chi connectivity index (χ1) is 13.3. The van der Waals surface area contributed by atoms with Crippen LogP contribution < -0.4 is 15.4 Å². The average Bonchev–Trinajstić information content (AvgIpc) is 2.68. The van der Waals surface area contributed by atoms with Crippen LogP contribution in [0.4, 0.5) is 30.6 Å². The van der Waals surface area contributed by atoms with Gasteiger partial charge in [0, 0.05) is 31.4 Å². The zero-order valence-corrected chi connectivity index (χ0v) is 15.4. The highest BCUT2D eigenvalue weighted by Crippen LogP contribution is 2.39. The first kappa shape index (κ1) is 18.8. The molecule has 0 aliphatic carbocycles. The molecule has 0 bridgehead atoms. The third-order valence-electron chi connectivity index (χ3n) is 5.15. The Morgan fingerprint density at radius 2 is 1.79 bits per heavy atom. The maximum atomic E-state index is 13.8. The van der Waals surface area contributed by atoms with Crippen LogP contribution in [0.3, 0.4) is 0 Å². The van der Waals surface area contributed by atoms with Crippen molar-refractivity contribution in [1.82, 2.24) is 9.55 Å². The molecular weight excluding hydrogens is 373 g/mol. The number of aromatic nitrogens is 2. The topological polar surface area (TPSA) is 50.6 Å². The minimum Gasteiger partial charge on any atom is -0.378 e. The summed E-state index contributed by atoms with van der Waals surface area (Å²) in [5, 5.41) is 0. The molecule has 9 heteroatoms. The maximum absolute atomic E-state index is 13.8. The first-order valence-electron chi connectivity index (χ1n) is 9.22. The molecule has 1 aromatic carbocycles. The number of alkyl halides is 3. The van der Waals surface area contributed by atoms with Gasteiger partial charge < -0.3 is 9.64 Å². The van der Waals surface area contributed by atoms with E-state index in [1.54, 1.807) is 24.3 Å². The van der Waals surface area contributed by atoms with Gasteiger partial charge in [0.2, 0.25) is 5.95 Å². The molecule has 1 atom stereocenters. The molecule has 0 radical (unpaired) electrons. The molecule has 2 aliphatic rings. The van der Waals surface area contributed by atoms with Gasteiger partial charge in [-0.3, -0.25) is 14.3 Å². The zero-order chi connectivity index (χ0) is 19.9. The summed E-state index contributed by atoms with van der Waals surface area (Å²) in [6, 6.07) is 6.45. The highest BCUT2D eigenvalue weighted by atomic mass is 19.4. The highest BCUT2D eigenvalue weighted by molar-refractivity contribution is 5.62. The number of aryl methyl sites for hydroxylation is 1. The number of ether oxygens (including phenoxy) is 1. The summed E-state index contributed by atoms with van der Waals surface area (Å²) in [6.07, 6.45) is -4.65. The van der Waals surface area contributed by atoms with Crippen LogP contribution in [0.25, 0.3) is 0 Å². The van der Waals surface area contributed by atoms with Crippen LogP contribution >= 0.6 is 0 Å². The van der Waals surface area contributed by atoms with Crippen molar-refractivity contribution < 1.29 is 17.9 Å². The predicted octanol–water partition coefficient (Wildman–Crippen LogP) is 2.86. The number of fused-ring (bicyclic) bond motifs is 1. The van der Waals surface area contributed by atoms with Crippen LogP contribution in [0, 0.1) is 6.92 Å². The number of nitrogens with zero attached hydrogens (tertiary/aromatic N) is 4. The lowest BCUT2D eigenvalue weighted by atomic mass is 10.1. The van der Waals surface area contributed by atoms with Crippen molar-refractivity contribution in [3.8, 4) is 0 Å². The quantitative estimate of drug-likeness (QED) is 0.784. The van der Waals surface area contributed by atoms with Crippen molar-refractivity contribution in [2.24, 2.45) is 0 Å². The fourth-order valence-corrected chi connectivity index (χ4v) is 3.66. The highest BCUT2D eigenvalue weighted by Gasteiger charge is 2.47. The normalized spacial score (nSPS) is 20.2. The molecule has 2 aromatic rings. The van der Waals surface area contributed by atoms with E-state index in [4.69, 9.17) is 4.74 Å². The Morgan fingerprint density at radius 3 is 2.43 bits per heavy atom. The number of morpholine rings is 1. The van der Waals surface area contributed by atoms with Crippen LogP contribution in [-0.2, 0) is 11.3 Å². The Labute approximate surface area is 160 Å². The van der Waals surface area contributed by atoms with E-state index >= 15 is 0 Å². The molecule has 1 aromatic heterocycles. The fourth-order valence-electron chi connectivity index (χ4n) is 3.66. The third kappa shape index (κ3) is 3.46. The molecule has 1 unspecified atom stereocenters. The summed E-state index contributed by atoms with van der Waals surface area (Å²) in [6.45, 7) is 3.93. The Bertz CT molecular complexity index is 905. The summed E-state index contributed by atoms with van der Waals surface area (Å²) in [7, 11) is 0. The van der Waals surface area contributed by atoms with Gasteiger partial charge in [-0.25, -0.2) is 0 Å². The summed E-state index contributed by atoms with van der Waals surface area (Å²) < 4.78 is 48.1. The van der Waals surface area contributed by atoms with Crippen molar-refractivity contribution >= 4 is 17.5 Å². The molecule has 1 saturated heterocycles. The van der Waals surface area contributed by atoms with Crippen LogP contribution in [-0.4, -0.2) is 48.1 Å². The van der Waals surface area contributed by atoms with E-state index < -0.39 is 12.2 Å². The van der Waals surface area contributed by atoms with Crippen molar-refractivity contribution in [2.75, 3.05) is 36.1 Å². The van der Waals surface area contributed by atoms with Crippen LogP contribution in [0.2, 0.25) is 0 Å². The molecule has 1 fully saturated rings. The minimum absolute atomic E-state index is 0.0168. The lowest BCUT2D eigenvalue weighted by molar-refractivity contribution is -0.150. The summed E-state index contributed by atoms with van der Waals surface area (Å²) in [4.78, 5) is 20.2. The molecule has 0 saturated carbocycles. The summed E-state index contributed by atoms with van der Waals surface area (Å²) in [5.74, 6) is 0.422. The number of hydrogen-bond donors (Lipinski definition) is 0. The van der Waals surface area contributed by atoms with Gasteiger partial charge in [0.25, 0.3) is 5.56 Å². The van der Waals surface area contributed by atoms with Crippen molar-refractivity contribution in [1.29, 1.82) is 0 Å². The number of rotatable bonds is 2. The van der Waals surface area contributed by atoms with Gasteiger partial charge in [0.1, 0.15) is 11.9 Å². The van der Waals surface area contributed by atoms with E-state index in [1.165, 1.54) is 10.6 Å². The third-order valence-corrected chi connectivity index (χ3v) is 5.15. The van der Waals surface area contributed by atoms with Gasteiger partial charge in [0.05, 0.1) is 13.2 Å². The largest absolute Gasteiger partial charge is 0.409 e. The van der Waals surface area contributed by atoms with Crippen LogP contribution in [0.15, 0.2) is 35.1 Å². The molecule has 0 spiro atoms. The van der Waals surface area contributed by atoms with Gasteiger partial charge >= 0.3 is 6.18 Å².